The zero-order chi connectivity index (χ0) is 17.3. The van der Waals surface area contributed by atoms with Gasteiger partial charge in [0, 0.05) is 37.8 Å². The second-order valence-electron chi connectivity index (χ2n) is 6.90. The van der Waals surface area contributed by atoms with Crippen LogP contribution < -0.4 is 0 Å². The summed E-state index contributed by atoms with van der Waals surface area (Å²) in [5, 5.41) is 0. The van der Waals surface area contributed by atoms with Crippen LogP contribution in [0.3, 0.4) is 0 Å². The summed E-state index contributed by atoms with van der Waals surface area (Å²) in [7, 11) is 0. The van der Waals surface area contributed by atoms with E-state index in [0.717, 1.165) is 44.6 Å². The Balaban J connectivity index is 1.68. The normalized spacial score (nSPS) is 28.3. The van der Waals surface area contributed by atoms with Gasteiger partial charge in [0.25, 0.3) is 5.91 Å². The van der Waals surface area contributed by atoms with Crippen LogP contribution in [-0.2, 0) is 4.74 Å². The Kier molecular flexibility index (Phi) is 5.15. The first kappa shape index (κ1) is 17.3. The molecule has 0 aliphatic carbocycles. The highest BCUT2D eigenvalue weighted by molar-refractivity contribution is 5.94. The topological polar surface area (TPSA) is 32.8 Å². The largest absolute Gasteiger partial charge is 0.373 e. The van der Waals surface area contributed by atoms with Crippen LogP contribution in [-0.4, -0.2) is 60.1 Å². The van der Waals surface area contributed by atoms with Gasteiger partial charge in [-0.2, -0.15) is 0 Å². The monoisotopic (exact) mass is 338 g/mol. The molecule has 0 radical (unpaired) electrons. The van der Waals surface area contributed by atoms with E-state index in [2.05, 4.69) is 18.7 Å². The molecule has 2 aliphatic rings. The summed E-state index contributed by atoms with van der Waals surface area (Å²) >= 11 is 0. The van der Waals surface area contributed by atoms with E-state index >= 15 is 0 Å². The van der Waals surface area contributed by atoms with Crippen LogP contribution in [0.25, 0.3) is 0 Å². The number of ether oxygens (including phenoxy) is 1. The number of amides is 1. The summed E-state index contributed by atoms with van der Waals surface area (Å²) in [5.74, 6) is -2.13. The van der Waals surface area contributed by atoms with Crippen molar-refractivity contribution in [2.45, 2.75) is 44.9 Å². The molecule has 3 unspecified atom stereocenters. The van der Waals surface area contributed by atoms with Crippen LogP contribution in [0, 0.1) is 11.6 Å². The van der Waals surface area contributed by atoms with E-state index in [9.17, 15) is 13.6 Å². The molecule has 2 aliphatic heterocycles. The fraction of sp³-hybridized carbons (Fsp3) is 0.611. The second-order valence-corrected chi connectivity index (χ2v) is 6.90. The molecule has 4 nitrogen and oxygen atoms in total. The van der Waals surface area contributed by atoms with Crippen molar-refractivity contribution in [1.82, 2.24) is 9.80 Å². The smallest absolute Gasteiger partial charge is 0.254 e. The predicted octanol–water partition coefficient (Wildman–Crippen LogP) is 2.68. The summed E-state index contributed by atoms with van der Waals surface area (Å²) in [6, 6.07) is 3.48. The van der Waals surface area contributed by atoms with Gasteiger partial charge in [-0.25, -0.2) is 8.78 Å². The fourth-order valence-electron chi connectivity index (χ4n) is 3.82. The molecular formula is C18H24F2N2O2. The molecule has 6 heteroatoms. The van der Waals surface area contributed by atoms with Crippen LogP contribution in [0.1, 0.15) is 37.0 Å². The molecule has 2 fully saturated rings. The molecule has 1 aromatic rings. The Morgan fingerprint density at radius 3 is 2.58 bits per heavy atom. The van der Waals surface area contributed by atoms with Crippen LogP contribution >= 0.6 is 0 Å². The second kappa shape index (κ2) is 7.15. The van der Waals surface area contributed by atoms with Crippen molar-refractivity contribution in [3.63, 3.8) is 0 Å². The van der Waals surface area contributed by atoms with Crippen molar-refractivity contribution in [3.05, 3.63) is 35.4 Å². The molecule has 3 atom stereocenters. The lowest BCUT2D eigenvalue weighted by Gasteiger charge is -2.38. The zero-order valence-electron chi connectivity index (χ0n) is 14.2. The molecule has 0 N–H and O–H groups in total. The van der Waals surface area contributed by atoms with Crippen molar-refractivity contribution >= 4 is 5.91 Å². The molecule has 132 valence electrons. The molecule has 1 amide bonds. The van der Waals surface area contributed by atoms with Crippen molar-refractivity contribution < 1.29 is 18.3 Å². The van der Waals surface area contributed by atoms with Gasteiger partial charge < -0.3 is 9.64 Å². The van der Waals surface area contributed by atoms with Gasteiger partial charge in [-0.1, -0.05) is 0 Å². The minimum Gasteiger partial charge on any atom is -0.373 e. The maximum absolute atomic E-state index is 13.4. The van der Waals surface area contributed by atoms with Crippen molar-refractivity contribution in [2.24, 2.45) is 0 Å². The minimum absolute atomic E-state index is 0.114. The Hall–Kier alpha value is -1.53. The summed E-state index contributed by atoms with van der Waals surface area (Å²) in [6.45, 7) is 7.29. The predicted molar refractivity (Wildman–Crippen MR) is 86.9 cm³/mol. The van der Waals surface area contributed by atoms with Crippen LogP contribution in [0.5, 0.6) is 0 Å². The minimum atomic E-state index is -0.979. The lowest BCUT2D eigenvalue weighted by Crippen LogP contribution is -2.50. The number of benzene rings is 1. The number of rotatable bonds is 3. The standard InChI is InChI=1S/C18H24F2N2O2/c1-12-9-21(10-13(2)24-12)11-15-4-3-7-22(15)18(23)14-5-6-16(19)17(20)8-14/h5-6,8,12-13,15H,3-4,7,9-11H2,1-2H3. The maximum Gasteiger partial charge on any atom is 0.254 e. The Labute approximate surface area is 141 Å². The fourth-order valence-corrected chi connectivity index (χ4v) is 3.82. The average molecular weight is 338 g/mol. The number of halogens is 2. The Morgan fingerprint density at radius 1 is 1.21 bits per heavy atom. The third-order valence-corrected chi connectivity index (χ3v) is 4.77. The molecule has 3 rings (SSSR count). The van der Waals surface area contributed by atoms with Gasteiger partial charge in [-0.05, 0) is 44.9 Å². The third-order valence-electron chi connectivity index (χ3n) is 4.77. The number of nitrogens with zero attached hydrogens (tertiary/aromatic N) is 2. The molecule has 2 heterocycles. The van der Waals surface area contributed by atoms with Gasteiger partial charge in [-0.15, -0.1) is 0 Å². The molecular weight excluding hydrogens is 314 g/mol. The van der Waals surface area contributed by atoms with Gasteiger partial charge in [0.2, 0.25) is 0 Å². The summed E-state index contributed by atoms with van der Waals surface area (Å²) < 4.78 is 32.2. The van der Waals surface area contributed by atoms with E-state index < -0.39 is 11.6 Å². The first-order valence-corrected chi connectivity index (χ1v) is 8.58. The maximum atomic E-state index is 13.4. The highest BCUT2D eigenvalue weighted by Gasteiger charge is 2.33. The third kappa shape index (κ3) is 3.75. The molecule has 0 spiro atoms. The molecule has 24 heavy (non-hydrogen) atoms. The van der Waals surface area contributed by atoms with E-state index in [4.69, 9.17) is 4.74 Å². The summed E-state index contributed by atoms with van der Waals surface area (Å²) in [6.07, 6.45) is 2.25. The van der Waals surface area contributed by atoms with Crippen LogP contribution in [0.2, 0.25) is 0 Å². The van der Waals surface area contributed by atoms with Gasteiger partial charge in [-0.3, -0.25) is 9.69 Å². The van der Waals surface area contributed by atoms with Crippen LogP contribution in [0.4, 0.5) is 8.78 Å². The SMILES string of the molecule is CC1CN(CC2CCCN2C(=O)c2ccc(F)c(F)c2)CC(C)O1. The number of hydrogen-bond donors (Lipinski definition) is 0. The van der Waals surface area contributed by atoms with E-state index in [-0.39, 0.29) is 29.7 Å². The van der Waals surface area contributed by atoms with E-state index in [1.807, 2.05) is 0 Å². The van der Waals surface area contributed by atoms with Gasteiger partial charge in [0.05, 0.1) is 12.2 Å². The highest BCUT2D eigenvalue weighted by Crippen LogP contribution is 2.23. The van der Waals surface area contributed by atoms with E-state index in [1.54, 1.807) is 4.90 Å². The van der Waals surface area contributed by atoms with Gasteiger partial charge >= 0.3 is 0 Å². The lowest BCUT2D eigenvalue weighted by atomic mass is 10.1. The van der Waals surface area contributed by atoms with E-state index in [1.165, 1.54) is 6.07 Å². The first-order chi connectivity index (χ1) is 11.4. The quantitative estimate of drug-likeness (QED) is 0.849. The van der Waals surface area contributed by atoms with Gasteiger partial charge in [0.15, 0.2) is 11.6 Å². The average Bonchev–Trinajstić information content (AvgIpc) is 2.96. The van der Waals surface area contributed by atoms with Crippen molar-refractivity contribution in [1.29, 1.82) is 0 Å². The van der Waals surface area contributed by atoms with Gasteiger partial charge in [0.1, 0.15) is 0 Å². The zero-order valence-corrected chi connectivity index (χ0v) is 14.2. The Morgan fingerprint density at radius 2 is 1.92 bits per heavy atom. The van der Waals surface area contributed by atoms with Crippen molar-refractivity contribution in [3.8, 4) is 0 Å². The molecule has 1 aromatic carbocycles. The Bertz CT molecular complexity index is 601. The van der Waals surface area contributed by atoms with Crippen molar-refractivity contribution in [2.75, 3.05) is 26.2 Å². The number of morpholine rings is 1. The van der Waals surface area contributed by atoms with Crippen LogP contribution in [0.15, 0.2) is 18.2 Å². The first-order valence-electron chi connectivity index (χ1n) is 8.58. The molecule has 0 saturated carbocycles. The van der Waals surface area contributed by atoms with E-state index in [0.29, 0.717) is 6.54 Å². The number of hydrogen-bond acceptors (Lipinski definition) is 3. The number of carbonyl (C=O) groups is 1. The summed E-state index contributed by atoms with van der Waals surface area (Å²) in [4.78, 5) is 16.8. The molecule has 0 aromatic heterocycles. The number of likely N-dealkylation sites (tertiary alicyclic amines) is 1. The lowest BCUT2D eigenvalue weighted by molar-refractivity contribution is -0.0715. The molecule has 2 saturated heterocycles. The summed E-state index contributed by atoms with van der Waals surface area (Å²) in [5.41, 5.74) is 0.213. The number of carbonyl (C=O) groups excluding carboxylic acids is 1. The highest BCUT2D eigenvalue weighted by atomic mass is 19.2. The molecule has 0 bridgehead atoms.